The number of allylic oxidation sites excluding steroid dienone is 1. The van der Waals surface area contributed by atoms with Gasteiger partial charge in [0.25, 0.3) is 0 Å². The first-order valence-corrected chi connectivity index (χ1v) is 10.5. The maximum absolute atomic E-state index is 15.0. The summed E-state index contributed by atoms with van der Waals surface area (Å²) < 4.78 is 34.1. The summed E-state index contributed by atoms with van der Waals surface area (Å²) in [5.41, 5.74) is 4.58. The quantitative estimate of drug-likeness (QED) is 0.546. The summed E-state index contributed by atoms with van der Waals surface area (Å²) in [5.74, 6) is 1.06. The summed E-state index contributed by atoms with van der Waals surface area (Å²) in [4.78, 5) is 0. The summed E-state index contributed by atoms with van der Waals surface area (Å²) in [6, 6.07) is 9.00. The van der Waals surface area contributed by atoms with Gasteiger partial charge >= 0.3 is 0 Å². The van der Waals surface area contributed by atoms with E-state index in [0.29, 0.717) is 11.5 Å². The van der Waals surface area contributed by atoms with Crippen molar-refractivity contribution < 1.29 is 13.5 Å². The normalized spacial score (nSPS) is 21.8. The smallest absolute Gasteiger partial charge is 0.165 e. The Morgan fingerprint density at radius 3 is 2.43 bits per heavy atom. The number of rotatable bonds is 4. The molecule has 2 aliphatic rings. The molecule has 0 heterocycles. The topological polar surface area (TPSA) is 9.23 Å². The zero-order valence-corrected chi connectivity index (χ0v) is 16.7. The molecule has 1 fully saturated rings. The second-order valence-electron chi connectivity index (χ2n) is 8.22. The molecule has 2 aliphatic carbocycles. The number of hydrogen-bond donors (Lipinski definition) is 0. The molecule has 1 nitrogen and oxygen atoms in total. The van der Waals surface area contributed by atoms with Crippen LogP contribution in [0.15, 0.2) is 30.3 Å². The Labute approximate surface area is 166 Å². The van der Waals surface area contributed by atoms with Crippen LogP contribution in [0.5, 0.6) is 5.75 Å². The van der Waals surface area contributed by atoms with Crippen molar-refractivity contribution in [2.45, 2.75) is 57.8 Å². The van der Waals surface area contributed by atoms with E-state index < -0.39 is 0 Å². The first-order valence-electron chi connectivity index (χ1n) is 10.5. The van der Waals surface area contributed by atoms with Crippen LogP contribution in [-0.2, 0) is 6.42 Å². The van der Waals surface area contributed by atoms with Crippen LogP contribution in [0.1, 0.15) is 73.6 Å². The van der Waals surface area contributed by atoms with Gasteiger partial charge in [-0.2, -0.15) is 0 Å². The van der Waals surface area contributed by atoms with Crippen molar-refractivity contribution in [2.75, 3.05) is 7.11 Å². The monoisotopic (exact) mass is 382 g/mol. The summed E-state index contributed by atoms with van der Waals surface area (Å²) in [7, 11) is 1.47. The van der Waals surface area contributed by atoms with Crippen LogP contribution < -0.4 is 4.74 Å². The van der Waals surface area contributed by atoms with Gasteiger partial charge in [-0.1, -0.05) is 31.6 Å². The van der Waals surface area contributed by atoms with Crippen molar-refractivity contribution in [3.63, 3.8) is 0 Å². The summed E-state index contributed by atoms with van der Waals surface area (Å²) >= 11 is 0. The van der Waals surface area contributed by atoms with E-state index in [0.717, 1.165) is 53.9 Å². The van der Waals surface area contributed by atoms with E-state index in [-0.39, 0.29) is 17.4 Å². The van der Waals surface area contributed by atoms with Crippen LogP contribution in [0.2, 0.25) is 0 Å². The van der Waals surface area contributed by atoms with Crippen molar-refractivity contribution in [3.8, 4) is 5.75 Å². The second-order valence-corrected chi connectivity index (χ2v) is 8.22. The molecule has 0 unspecified atom stereocenters. The summed E-state index contributed by atoms with van der Waals surface area (Å²) in [5, 5.41) is 0. The van der Waals surface area contributed by atoms with Crippen LogP contribution in [0.3, 0.4) is 0 Å². The Morgan fingerprint density at radius 2 is 1.75 bits per heavy atom. The van der Waals surface area contributed by atoms with Gasteiger partial charge < -0.3 is 4.74 Å². The summed E-state index contributed by atoms with van der Waals surface area (Å²) in [6.45, 7) is 2.26. The van der Waals surface area contributed by atoms with Crippen molar-refractivity contribution in [1.82, 2.24) is 0 Å². The standard InChI is InChI=1S/C25H28F2O/c1-3-16-4-6-17(7-5-16)18-10-11-22(23(26)13-18)20-9-8-19-15-25(28-2)24(27)14-21(19)12-20/h10-17H,3-9H2,1-2H3. The van der Waals surface area contributed by atoms with Gasteiger partial charge in [-0.05, 0) is 90.8 Å². The minimum Gasteiger partial charge on any atom is -0.494 e. The molecule has 2 aromatic carbocycles. The van der Waals surface area contributed by atoms with E-state index >= 15 is 0 Å². The molecule has 0 N–H and O–H groups in total. The lowest BCUT2D eigenvalue weighted by molar-refractivity contribution is 0.318. The third-order valence-corrected chi connectivity index (χ3v) is 6.64. The lowest BCUT2D eigenvalue weighted by atomic mass is 9.77. The molecule has 0 spiro atoms. The molecule has 4 rings (SSSR count). The van der Waals surface area contributed by atoms with Crippen LogP contribution in [0.4, 0.5) is 8.78 Å². The molecule has 3 heteroatoms. The fourth-order valence-electron chi connectivity index (χ4n) is 4.81. The second kappa shape index (κ2) is 8.06. The number of halogens is 2. The number of ether oxygens (including phenoxy) is 1. The van der Waals surface area contributed by atoms with E-state index in [1.807, 2.05) is 12.1 Å². The maximum Gasteiger partial charge on any atom is 0.165 e. The first-order chi connectivity index (χ1) is 13.6. The molecular formula is C25H28F2O. The Morgan fingerprint density at radius 1 is 0.964 bits per heavy atom. The molecule has 148 valence electrons. The minimum absolute atomic E-state index is 0.154. The SMILES string of the molecule is CCC1CCC(c2ccc(C3=Cc4cc(F)c(OC)cc4CC3)c(F)c2)CC1. The zero-order valence-electron chi connectivity index (χ0n) is 16.7. The molecule has 2 aromatic rings. The molecule has 0 aromatic heterocycles. The molecule has 28 heavy (non-hydrogen) atoms. The summed E-state index contributed by atoms with van der Waals surface area (Å²) in [6.07, 6.45) is 9.51. The van der Waals surface area contributed by atoms with Gasteiger partial charge in [0, 0.05) is 5.56 Å². The fourth-order valence-corrected chi connectivity index (χ4v) is 4.81. The van der Waals surface area contributed by atoms with Crippen molar-refractivity contribution in [2.24, 2.45) is 5.92 Å². The Bertz CT molecular complexity index is 892. The van der Waals surface area contributed by atoms with Crippen molar-refractivity contribution in [1.29, 1.82) is 0 Å². The van der Waals surface area contributed by atoms with E-state index in [9.17, 15) is 8.78 Å². The van der Waals surface area contributed by atoms with Gasteiger partial charge in [0.05, 0.1) is 7.11 Å². The third kappa shape index (κ3) is 3.72. The Balaban J connectivity index is 1.57. The van der Waals surface area contributed by atoms with Crippen LogP contribution >= 0.6 is 0 Å². The average molecular weight is 382 g/mol. The average Bonchev–Trinajstić information content (AvgIpc) is 2.73. The van der Waals surface area contributed by atoms with Crippen LogP contribution in [-0.4, -0.2) is 7.11 Å². The number of hydrogen-bond acceptors (Lipinski definition) is 1. The van der Waals surface area contributed by atoms with Gasteiger partial charge in [-0.25, -0.2) is 8.78 Å². The van der Waals surface area contributed by atoms with Crippen molar-refractivity contribution >= 4 is 11.6 Å². The van der Waals surface area contributed by atoms with E-state index in [2.05, 4.69) is 13.0 Å². The molecule has 1 saturated carbocycles. The van der Waals surface area contributed by atoms with Crippen LogP contribution in [0.25, 0.3) is 11.6 Å². The molecule has 0 saturated heterocycles. The lowest BCUT2D eigenvalue weighted by Crippen LogP contribution is -2.13. The fraction of sp³-hybridized carbons (Fsp3) is 0.440. The zero-order chi connectivity index (χ0) is 19.7. The molecule has 0 radical (unpaired) electrons. The minimum atomic E-state index is -0.378. The van der Waals surface area contributed by atoms with Gasteiger partial charge in [-0.3, -0.25) is 0 Å². The highest BCUT2D eigenvalue weighted by atomic mass is 19.1. The predicted molar refractivity (Wildman–Crippen MR) is 111 cm³/mol. The third-order valence-electron chi connectivity index (χ3n) is 6.64. The van der Waals surface area contributed by atoms with E-state index in [1.54, 1.807) is 12.1 Å². The molecular weight excluding hydrogens is 354 g/mol. The lowest BCUT2D eigenvalue weighted by Gasteiger charge is -2.28. The highest BCUT2D eigenvalue weighted by molar-refractivity contribution is 5.85. The van der Waals surface area contributed by atoms with Gasteiger partial charge in [0.15, 0.2) is 11.6 Å². The number of benzene rings is 2. The molecule has 0 amide bonds. The number of fused-ring (bicyclic) bond motifs is 1. The number of methoxy groups -OCH3 is 1. The Kier molecular flexibility index (Phi) is 5.52. The number of aryl methyl sites for hydroxylation is 1. The molecule has 0 atom stereocenters. The van der Waals surface area contributed by atoms with Gasteiger partial charge in [0.2, 0.25) is 0 Å². The Hall–Kier alpha value is -2.16. The van der Waals surface area contributed by atoms with Crippen molar-refractivity contribution in [3.05, 3.63) is 64.2 Å². The largest absolute Gasteiger partial charge is 0.494 e. The van der Waals surface area contributed by atoms with Gasteiger partial charge in [-0.15, -0.1) is 0 Å². The van der Waals surface area contributed by atoms with Gasteiger partial charge in [0.1, 0.15) is 5.82 Å². The van der Waals surface area contributed by atoms with E-state index in [1.165, 1.54) is 32.4 Å². The van der Waals surface area contributed by atoms with Crippen LogP contribution in [0, 0.1) is 17.6 Å². The molecule has 0 bridgehead atoms. The highest BCUT2D eigenvalue weighted by Crippen LogP contribution is 2.39. The van der Waals surface area contributed by atoms with E-state index in [4.69, 9.17) is 4.74 Å². The molecule has 0 aliphatic heterocycles. The first kappa shape index (κ1) is 19.2. The maximum atomic E-state index is 15.0. The predicted octanol–water partition coefficient (Wildman–Crippen LogP) is 7.14. The highest BCUT2D eigenvalue weighted by Gasteiger charge is 2.23.